The van der Waals surface area contributed by atoms with Crippen LogP contribution < -0.4 is 0 Å². The predicted molar refractivity (Wildman–Crippen MR) is 91.4 cm³/mol. The monoisotopic (exact) mass is 392 g/mol. The molecule has 0 nitrogen and oxygen atoms in total. The van der Waals surface area contributed by atoms with Crippen LogP contribution in [0.25, 0.3) is 0 Å². The minimum absolute atomic E-state index is 0.151. The number of hydrogen-bond acceptors (Lipinski definition) is 2. The number of hydrogen-bond donors (Lipinski definition) is 0. The van der Waals surface area contributed by atoms with Gasteiger partial charge < -0.3 is 0 Å². The highest BCUT2D eigenvalue weighted by molar-refractivity contribution is 9.09. The lowest BCUT2D eigenvalue weighted by molar-refractivity contribution is 1.13. The Morgan fingerprint density at radius 1 is 1.21 bits per heavy atom. The second-order valence-electron chi connectivity index (χ2n) is 4.43. The van der Waals surface area contributed by atoms with Crippen molar-refractivity contribution in [3.05, 3.63) is 55.2 Å². The fraction of sp³-hybridized carbons (Fsp3) is 0.286. The zero-order valence-corrected chi connectivity index (χ0v) is 14.7. The fourth-order valence-electron chi connectivity index (χ4n) is 2.16. The van der Waals surface area contributed by atoms with Gasteiger partial charge in [0.05, 0.1) is 4.83 Å². The summed E-state index contributed by atoms with van der Waals surface area (Å²) in [4.78, 5) is 3.01. The summed E-state index contributed by atoms with van der Waals surface area (Å²) in [5.41, 5.74) is 2.57. The third-order valence-electron chi connectivity index (χ3n) is 3.13. The van der Waals surface area contributed by atoms with Crippen molar-refractivity contribution in [1.82, 2.24) is 0 Å². The number of fused-ring (bicyclic) bond motifs is 1. The van der Waals surface area contributed by atoms with Gasteiger partial charge in [-0.3, -0.25) is 0 Å². The van der Waals surface area contributed by atoms with Crippen LogP contribution in [0.3, 0.4) is 0 Å². The number of aryl methyl sites for hydroxylation is 1. The average Bonchev–Trinajstić information content (AvgIpc) is 2.81. The predicted octanol–water partition coefficient (Wildman–Crippen LogP) is 6.33. The van der Waals surface area contributed by atoms with Crippen molar-refractivity contribution >= 4 is 62.2 Å². The Labute approximate surface area is 139 Å². The van der Waals surface area contributed by atoms with E-state index < -0.39 is 0 Å². The molecule has 0 saturated heterocycles. The summed E-state index contributed by atoms with van der Waals surface area (Å²) in [6.45, 7) is 0. The minimum Gasteiger partial charge on any atom is -0.157 e. The molecular weight excluding hydrogens is 383 g/mol. The Kier molecular flexibility index (Phi) is 4.50. The maximum atomic E-state index is 6.29. The lowest BCUT2D eigenvalue weighted by Crippen LogP contribution is -1.96. The highest BCUT2D eigenvalue weighted by atomic mass is 79.9. The zero-order chi connectivity index (χ0) is 13.4. The Hall–Kier alpha value is 0.330. The van der Waals surface area contributed by atoms with E-state index in [9.17, 15) is 0 Å². The molecule has 3 rings (SSSR count). The SMILES string of the molecule is Clc1ccc(C(Br)c2cc3c(s2)CCSC3)c(Cl)c1. The van der Waals surface area contributed by atoms with Gasteiger partial charge in [0.1, 0.15) is 0 Å². The van der Waals surface area contributed by atoms with Crippen LogP contribution >= 0.6 is 62.2 Å². The quantitative estimate of drug-likeness (QED) is 0.537. The zero-order valence-electron chi connectivity index (χ0n) is 9.96. The first-order valence-corrected chi connectivity index (χ1v) is 9.57. The molecule has 0 aliphatic carbocycles. The number of rotatable bonds is 2. The van der Waals surface area contributed by atoms with Gasteiger partial charge in [-0.05, 0) is 41.5 Å². The molecule has 2 heterocycles. The molecule has 0 bridgehead atoms. The number of thioether (sulfide) groups is 1. The summed E-state index contributed by atoms with van der Waals surface area (Å²) in [7, 11) is 0. The van der Waals surface area contributed by atoms with Crippen molar-refractivity contribution in [3.8, 4) is 0 Å². The van der Waals surface area contributed by atoms with E-state index in [1.165, 1.54) is 27.5 Å². The van der Waals surface area contributed by atoms with Gasteiger partial charge in [0.25, 0.3) is 0 Å². The molecule has 0 spiro atoms. The number of alkyl halides is 1. The van der Waals surface area contributed by atoms with Crippen LogP contribution in [0, 0.1) is 0 Å². The highest BCUT2D eigenvalue weighted by Gasteiger charge is 2.20. The van der Waals surface area contributed by atoms with Crippen molar-refractivity contribution in [2.45, 2.75) is 17.0 Å². The summed E-state index contributed by atoms with van der Waals surface area (Å²) in [5, 5.41) is 1.39. The Bertz CT molecular complexity index is 586. The van der Waals surface area contributed by atoms with E-state index >= 15 is 0 Å². The van der Waals surface area contributed by atoms with Gasteiger partial charge in [0.2, 0.25) is 0 Å². The standard InChI is InChI=1S/C14H11BrCl2S2/c15-14(10-2-1-9(16)6-11(10)17)13-5-8-7-18-4-3-12(8)19-13/h1-2,5-6,14H,3-4,7H2. The van der Waals surface area contributed by atoms with Crippen molar-refractivity contribution in [1.29, 1.82) is 0 Å². The van der Waals surface area contributed by atoms with Gasteiger partial charge in [-0.15, -0.1) is 11.3 Å². The molecule has 0 N–H and O–H groups in total. The molecule has 0 saturated carbocycles. The summed E-state index contributed by atoms with van der Waals surface area (Å²) in [5.74, 6) is 2.38. The highest BCUT2D eigenvalue weighted by Crippen LogP contribution is 2.42. The van der Waals surface area contributed by atoms with Crippen molar-refractivity contribution in [2.75, 3.05) is 5.75 Å². The molecular formula is C14H11BrCl2S2. The maximum absolute atomic E-state index is 6.29. The van der Waals surface area contributed by atoms with Crippen LogP contribution in [0.5, 0.6) is 0 Å². The van der Waals surface area contributed by atoms with Crippen LogP contribution in [0.15, 0.2) is 24.3 Å². The van der Waals surface area contributed by atoms with Gasteiger partial charge in [-0.25, -0.2) is 0 Å². The molecule has 0 fully saturated rings. The summed E-state index contributed by atoms with van der Waals surface area (Å²) in [6, 6.07) is 8.00. The summed E-state index contributed by atoms with van der Waals surface area (Å²) < 4.78 is 0. The molecule has 1 aromatic heterocycles. The van der Waals surface area contributed by atoms with E-state index in [4.69, 9.17) is 23.2 Å². The Balaban J connectivity index is 1.94. The third kappa shape index (κ3) is 3.01. The van der Waals surface area contributed by atoms with Crippen molar-refractivity contribution < 1.29 is 0 Å². The van der Waals surface area contributed by atoms with Crippen LogP contribution in [0.2, 0.25) is 10.0 Å². The molecule has 0 amide bonds. The van der Waals surface area contributed by atoms with Crippen LogP contribution in [-0.2, 0) is 12.2 Å². The maximum Gasteiger partial charge on any atom is 0.0752 e. The molecule has 0 radical (unpaired) electrons. The minimum atomic E-state index is 0.151. The van der Waals surface area contributed by atoms with E-state index in [0.29, 0.717) is 5.02 Å². The van der Waals surface area contributed by atoms with Crippen LogP contribution in [-0.4, -0.2) is 5.75 Å². The lowest BCUT2D eigenvalue weighted by atomic mass is 10.1. The second-order valence-corrected chi connectivity index (χ2v) is 8.46. The average molecular weight is 394 g/mol. The van der Waals surface area contributed by atoms with Gasteiger partial charge in [-0.2, -0.15) is 11.8 Å². The Morgan fingerprint density at radius 3 is 2.79 bits per heavy atom. The molecule has 100 valence electrons. The van der Waals surface area contributed by atoms with E-state index in [1.807, 2.05) is 35.2 Å². The smallest absolute Gasteiger partial charge is 0.0752 e. The summed E-state index contributed by atoms with van der Waals surface area (Å²) in [6.07, 6.45) is 1.19. The molecule has 5 heteroatoms. The molecule has 1 unspecified atom stereocenters. The van der Waals surface area contributed by atoms with E-state index in [2.05, 4.69) is 22.0 Å². The lowest BCUT2D eigenvalue weighted by Gasteiger charge is -2.10. The molecule has 1 aliphatic rings. The van der Waals surface area contributed by atoms with Crippen molar-refractivity contribution in [3.63, 3.8) is 0 Å². The molecule has 19 heavy (non-hydrogen) atoms. The first-order valence-electron chi connectivity index (χ1n) is 5.93. The largest absolute Gasteiger partial charge is 0.157 e. The Morgan fingerprint density at radius 2 is 2.05 bits per heavy atom. The van der Waals surface area contributed by atoms with Gasteiger partial charge >= 0.3 is 0 Å². The number of halogens is 3. The van der Waals surface area contributed by atoms with E-state index in [0.717, 1.165) is 16.3 Å². The van der Waals surface area contributed by atoms with Gasteiger partial charge in [0, 0.05) is 25.6 Å². The molecule has 1 aromatic carbocycles. The molecule has 2 aromatic rings. The topological polar surface area (TPSA) is 0 Å². The number of thiophene rings is 1. The number of benzene rings is 1. The third-order valence-corrected chi connectivity index (χ3v) is 7.29. The fourth-order valence-corrected chi connectivity index (χ4v) is 5.99. The van der Waals surface area contributed by atoms with E-state index in [1.54, 1.807) is 6.07 Å². The first-order chi connectivity index (χ1) is 9.15. The molecule has 1 atom stereocenters. The van der Waals surface area contributed by atoms with Crippen molar-refractivity contribution in [2.24, 2.45) is 0 Å². The molecule has 1 aliphatic heterocycles. The summed E-state index contributed by atoms with van der Waals surface area (Å²) >= 11 is 19.9. The first kappa shape index (κ1) is 14.3. The van der Waals surface area contributed by atoms with Crippen LogP contribution in [0.1, 0.15) is 25.7 Å². The van der Waals surface area contributed by atoms with Crippen LogP contribution in [0.4, 0.5) is 0 Å². The normalized spacial score (nSPS) is 16.2. The van der Waals surface area contributed by atoms with Gasteiger partial charge in [0.15, 0.2) is 0 Å². The van der Waals surface area contributed by atoms with Gasteiger partial charge in [-0.1, -0.05) is 45.2 Å². The second kappa shape index (κ2) is 5.98. The van der Waals surface area contributed by atoms with E-state index in [-0.39, 0.29) is 4.83 Å².